The van der Waals surface area contributed by atoms with E-state index >= 15 is 0 Å². The number of fused-ring (bicyclic) bond motifs is 1. The third-order valence-corrected chi connectivity index (χ3v) is 4.09. The SMILES string of the molecule is CCCCOc1c(/C=C/c2ccccc2)oc2ccc(C(=O)O)cc2c1=O. The molecular weight excluding hydrogens is 344 g/mol. The fourth-order valence-electron chi connectivity index (χ4n) is 2.63. The van der Waals surface area contributed by atoms with E-state index in [2.05, 4.69) is 0 Å². The number of benzene rings is 2. The van der Waals surface area contributed by atoms with Gasteiger partial charge in [0.2, 0.25) is 11.2 Å². The predicted octanol–water partition coefficient (Wildman–Crippen LogP) is 4.84. The first kappa shape index (κ1) is 18.5. The third kappa shape index (κ3) is 4.26. The number of aromatic carboxylic acids is 1. The summed E-state index contributed by atoms with van der Waals surface area (Å²) in [7, 11) is 0. The second-order valence-corrected chi connectivity index (χ2v) is 6.09. The van der Waals surface area contributed by atoms with Crippen molar-refractivity contribution in [3.05, 3.63) is 75.6 Å². The zero-order valence-corrected chi connectivity index (χ0v) is 15.0. The highest BCUT2D eigenvalue weighted by Crippen LogP contribution is 2.24. The molecule has 0 spiro atoms. The van der Waals surface area contributed by atoms with Crippen LogP contribution in [-0.4, -0.2) is 17.7 Å². The lowest BCUT2D eigenvalue weighted by molar-refractivity contribution is 0.0697. The van der Waals surface area contributed by atoms with Crippen LogP contribution in [0.4, 0.5) is 0 Å². The molecule has 1 N–H and O–H groups in total. The summed E-state index contributed by atoms with van der Waals surface area (Å²) in [6.45, 7) is 2.42. The number of unbranched alkanes of at least 4 members (excludes halogenated alkanes) is 1. The molecule has 0 unspecified atom stereocenters. The molecule has 1 aromatic heterocycles. The Morgan fingerprint density at radius 2 is 1.93 bits per heavy atom. The number of carbonyl (C=O) groups is 1. The fraction of sp³-hybridized carbons (Fsp3) is 0.182. The molecule has 5 heteroatoms. The lowest BCUT2D eigenvalue weighted by atomic mass is 10.1. The molecule has 0 radical (unpaired) electrons. The van der Waals surface area contributed by atoms with Gasteiger partial charge in [-0.25, -0.2) is 4.79 Å². The molecule has 0 aliphatic heterocycles. The average Bonchev–Trinajstić information content (AvgIpc) is 2.69. The van der Waals surface area contributed by atoms with Crippen molar-refractivity contribution >= 4 is 29.1 Å². The molecule has 0 aliphatic rings. The van der Waals surface area contributed by atoms with E-state index in [9.17, 15) is 9.59 Å². The molecule has 5 nitrogen and oxygen atoms in total. The summed E-state index contributed by atoms with van der Waals surface area (Å²) < 4.78 is 11.6. The lowest BCUT2D eigenvalue weighted by Gasteiger charge is -2.09. The van der Waals surface area contributed by atoms with Gasteiger partial charge < -0.3 is 14.3 Å². The highest BCUT2D eigenvalue weighted by molar-refractivity contribution is 5.93. The average molecular weight is 364 g/mol. The van der Waals surface area contributed by atoms with Crippen LogP contribution in [0.25, 0.3) is 23.1 Å². The molecule has 0 saturated heterocycles. The van der Waals surface area contributed by atoms with Crippen molar-refractivity contribution in [1.29, 1.82) is 0 Å². The molecule has 0 atom stereocenters. The van der Waals surface area contributed by atoms with Crippen molar-refractivity contribution in [2.45, 2.75) is 19.8 Å². The maximum Gasteiger partial charge on any atom is 0.335 e. The number of hydrogen-bond donors (Lipinski definition) is 1. The Hall–Kier alpha value is -3.34. The Morgan fingerprint density at radius 3 is 2.63 bits per heavy atom. The predicted molar refractivity (Wildman–Crippen MR) is 105 cm³/mol. The van der Waals surface area contributed by atoms with E-state index in [1.54, 1.807) is 6.08 Å². The molecule has 0 fully saturated rings. The standard InChI is InChI=1S/C22H20O5/c1-2-3-13-26-21-19(11-9-15-7-5-4-6-8-15)27-18-12-10-16(22(24)25)14-17(18)20(21)23/h4-12,14H,2-3,13H2,1H3,(H,24,25)/b11-9+. The normalized spacial score (nSPS) is 11.1. The van der Waals surface area contributed by atoms with Crippen LogP contribution >= 0.6 is 0 Å². The third-order valence-electron chi connectivity index (χ3n) is 4.09. The van der Waals surface area contributed by atoms with Gasteiger partial charge in [-0.2, -0.15) is 0 Å². The van der Waals surface area contributed by atoms with Gasteiger partial charge in [0.05, 0.1) is 17.6 Å². The second kappa shape index (κ2) is 8.36. The van der Waals surface area contributed by atoms with Gasteiger partial charge in [0.1, 0.15) is 5.58 Å². The quantitative estimate of drug-likeness (QED) is 0.607. The van der Waals surface area contributed by atoms with Crippen LogP contribution in [0.5, 0.6) is 5.75 Å². The van der Waals surface area contributed by atoms with Crippen molar-refractivity contribution in [1.82, 2.24) is 0 Å². The Morgan fingerprint density at radius 1 is 1.15 bits per heavy atom. The van der Waals surface area contributed by atoms with Crippen molar-refractivity contribution < 1.29 is 19.1 Å². The largest absolute Gasteiger partial charge is 0.486 e. The van der Waals surface area contributed by atoms with Gasteiger partial charge in [-0.1, -0.05) is 49.8 Å². The van der Waals surface area contributed by atoms with Crippen molar-refractivity contribution in [3.8, 4) is 5.75 Å². The first-order valence-electron chi connectivity index (χ1n) is 8.80. The Labute approximate surface area is 156 Å². The van der Waals surface area contributed by atoms with Crippen LogP contribution in [0.3, 0.4) is 0 Å². The van der Waals surface area contributed by atoms with Gasteiger partial charge in [-0.05, 0) is 36.3 Å². The first-order chi connectivity index (χ1) is 13.1. The number of carboxylic acids is 1. The van der Waals surface area contributed by atoms with Crippen LogP contribution in [0.15, 0.2) is 57.7 Å². The topological polar surface area (TPSA) is 76.7 Å². The maximum atomic E-state index is 12.9. The molecule has 27 heavy (non-hydrogen) atoms. The van der Waals surface area contributed by atoms with E-state index in [0.29, 0.717) is 18.0 Å². The lowest BCUT2D eigenvalue weighted by Crippen LogP contribution is -2.12. The molecular formula is C22H20O5. The van der Waals surface area contributed by atoms with E-state index < -0.39 is 5.97 Å². The summed E-state index contributed by atoms with van der Waals surface area (Å²) >= 11 is 0. The molecule has 2 aromatic carbocycles. The summed E-state index contributed by atoms with van der Waals surface area (Å²) in [6.07, 6.45) is 5.26. The van der Waals surface area contributed by atoms with Gasteiger partial charge in [0.15, 0.2) is 5.76 Å². The van der Waals surface area contributed by atoms with Crippen LogP contribution in [0, 0.1) is 0 Å². The van der Waals surface area contributed by atoms with E-state index in [1.165, 1.54) is 18.2 Å². The maximum absolute atomic E-state index is 12.9. The second-order valence-electron chi connectivity index (χ2n) is 6.09. The minimum atomic E-state index is -1.10. The summed E-state index contributed by atoms with van der Waals surface area (Å²) in [5.41, 5.74) is 0.937. The minimum Gasteiger partial charge on any atom is -0.486 e. The van der Waals surface area contributed by atoms with Crippen molar-refractivity contribution in [2.24, 2.45) is 0 Å². The minimum absolute atomic E-state index is 0.0295. The first-order valence-corrected chi connectivity index (χ1v) is 8.80. The molecule has 3 aromatic rings. The summed E-state index contributed by atoms with van der Waals surface area (Å²) in [4.78, 5) is 24.1. The van der Waals surface area contributed by atoms with Gasteiger partial charge in [-0.15, -0.1) is 0 Å². The zero-order valence-electron chi connectivity index (χ0n) is 15.0. The zero-order chi connectivity index (χ0) is 19.2. The number of hydrogen-bond acceptors (Lipinski definition) is 4. The summed E-state index contributed by atoms with van der Waals surface area (Å²) in [6, 6.07) is 13.9. The number of rotatable bonds is 7. The Kier molecular flexibility index (Phi) is 5.71. The molecule has 1 heterocycles. The summed E-state index contributed by atoms with van der Waals surface area (Å²) in [5.74, 6) is -0.681. The Balaban J connectivity index is 2.10. The van der Waals surface area contributed by atoms with E-state index in [4.69, 9.17) is 14.3 Å². The van der Waals surface area contributed by atoms with E-state index in [1.807, 2.05) is 43.3 Å². The Bertz CT molecular complexity index is 1030. The molecule has 138 valence electrons. The highest BCUT2D eigenvalue weighted by Gasteiger charge is 2.16. The number of carboxylic acid groups (broad SMARTS) is 1. The van der Waals surface area contributed by atoms with Gasteiger partial charge in [-0.3, -0.25) is 4.79 Å². The monoisotopic (exact) mass is 364 g/mol. The number of ether oxygens (including phenoxy) is 1. The van der Waals surface area contributed by atoms with E-state index in [0.717, 1.165) is 18.4 Å². The van der Waals surface area contributed by atoms with Crippen LogP contribution in [0.1, 0.15) is 41.4 Å². The van der Waals surface area contributed by atoms with E-state index in [-0.39, 0.29) is 22.1 Å². The molecule has 3 rings (SSSR count). The van der Waals surface area contributed by atoms with Crippen LogP contribution in [-0.2, 0) is 0 Å². The van der Waals surface area contributed by atoms with Crippen LogP contribution in [0.2, 0.25) is 0 Å². The van der Waals surface area contributed by atoms with Gasteiger partial charge >= 0.3 is 5.97 Å². The molecule has 0 bridgehead atoms. The van der Waals surface area contributed by atoms with Crippen molar-refractivity contribution in [2.75, 3.05) is 6.61 Å². The van der Waals surface area contributed by atoms with Crippen molar-refractivity contribution in [3.63, 3.8) is 0 Å². The fourth-order valence-corrected chi connectivity index (χ4v) is 2.63. The van der Waals surface area contributed by atoms with Gasteiger partial charge in [0.25, 0.3) is 0 Å². The molecule has 0 aliphatic carbocycles. The smallest absolute Gasteiger partial charge is 0.335 e. The molecule has 0 amide bonds. The molecule has 0 saturated carbocycles. The summed E-state index contributed by atoms with van der Waals surface area (Å²) in [5, 5.41) is 9.36. The van der Waals surface area contributed by atoms with Gasteiger partial charge in [0, 0.05) is 0 Å². The highest BCUT2D eigenvalue weighted by atomic mass is 16.5. The van der Waals surface area contributed by atoms with Crippen LogP contribution < -0.4 is 10.2 Å².